The lowest BCUT2D eigenvalue weighted by molar-refractivity contribution is 0.0628. The molecule has 1 fully saturated rings. The number of fused-ring (bicyclic) bond motifs is 1. The van der Waals surface area contributed by atoms with Gasteiger partial charge in [0.25, 0.3) is 5.91 Å². The summed E-state index contributed by atoms with van der Waals surface area (Å²) in [6.45, 7) is 6.14. The summed E-state index contributed by atoms with van der Waals surface area (Å²) in [5.41, 5.74) is 5.86. The van der Waals surface area contributed by atoms with Gasteiger partial charge in [-0.05, 0) is 48.4 Å². The Kier molecular flexibility index (Phi) is 6.52. The lowest BCUT2D eigenvalue weighted by Gasteiger charge is -2.34. The maximum atomic E-state index is 13.8. The minimum atomic E-state index is 0.0732. The fourth-order valence-corrected chi connectivity index (χ4v) is 5.30. The Labute approximate surface area is 222 Å². The summed E-state index contributed by atoms with van der Waals surface area (Å²) in [5.74, 6) is 2.46. The second-order valence-corrected chi connectivity index (χ2v) is 9.69. The van der Waals surface area contributed by atoms with Crippen LogP contribution in [0.2, 0.25) is 0 Å². The zero-order valence-corrected chi connectivity index (χ0v) is 21.7. The van der Waals surface area contributed by atoms with Gasteiger partial charge in [0.05, 0.1) is 18.4 Å². The number of piperazine rings is 1. The highest BCUT2D eigenvalue weighted by molar-refractivity contribution is 5.97. The zero-order chi connectivity index (χ0) is 26.1. The molecule has 3 aromatic carbocycles. The number of carbonyl (C=O) groups is 1. The summed E-state index contributed by atoms with van der Waals surface area (Å²) in [5, 5.41) is 0. The zero-order valence-electron chi connectivity index (χ0n) is 21.7. The molecular formula is C31H31N3O4. The van der Waals surface area contributed by atoms with Crippen molar-refractivity contribution in [2.24, 2.45) is 0 Å². The van der Waals surface area contributed by atoms with Crippen LogP contribution in [0.5, 0.6) is 17.2 Å². The first-order chi connectivity index (χ1) is 18.6. The Hall–Kier alpha value is -4.23. The van der Waals surface area contributed by atoms with E-state index in [1.165, 1.54) is 5.56 Å². The van der Waals surface area contributed by atoms with Gasteiger partial charge in [-0.15, -0.1) is 0 Å². The summed E-state index contributed by atoms with van der Waals surface area (Å²) >= 11 is 0. The van der Waals surface area contributed by atoms with E-state index in [1.54, 1.807) is 7.11 Å². The molecule has 1 aromatic heterocycles. The lowest BCUT2D eigenvalue weighted by atomic mass is 10.1. The van der Waals surface area contributed by atoms with Crippen LogP contribution in [-0.4, -0.2) is 60.4 Å². The summed E-state index contributed by atoms with van der Waals surface area (Å²) in [6.07, 6.45) is 0. The highest BCUT2D eigenvalue weighted by Crippen LogP contribution is 2.34. The third-order valence-corrected chi connectivity index (χ3v) is 7.36. The third kappa shape index (κ3) is 4.61. The Morgan fingerprint density at radius 2 is 1.66 bits per heavy atom. The van der Waals surface area contributed by atoms with Crippen molar-refractivity contribution in [2.75, 3.05) is 40.1 Å². The van der Waals surface area contributed by atoms with Gasteiger partial charge in [0.2, 0.25) is 6.79 Å². The molecule has 38 heavy (non-hydrogen) atoms. The normalized spacial score (nSPS) is 15.1. The molecule has 0 bridgehead atoms. The predicted molar refractivity (Wildman–Crippen MR) is 146 cm³/mol. The van der Waals surface area contributed by atoms with Crippen molar-refractivity contribution < 1.29 is 19.0 Å². The molecular weight excluding hydrogens is 478 g/mol. The Morgan fingerprint density at radius 1 is 0.868 bits per heavy atom. The van der Waals surface area contributed by atoms with E-state index in [9.17, 15) is 4.79 Å². The summed E-state index contributed by atoms with van der Waals surface area (Å²) in [4.78, 5) is 18.2. The molecule has 7 heteroatoms. The van der Waals surface area contributed by atoms with Gasteiger partial charge in [-0.2, -0.15) is 0 Å². The van der Waals surface area contributed by atoms with Gasteiger partial charge in [-0.25, -0.2) is 0 Å². The van der Waals surface area contributed by atoms with E-state index in [-0.39, 0.29) is 12.7 Å². The van der Waals surface area contributed by atoms with Crippen LogP contribution < -0.4 is 14.2 Å². The van der Waals surface area contributed by atoms with E-state index in [0.29, 0.717) is 13.1 Å². The van der Waals surface area contributed by atoms with Gasteiger partial charge in [0, 0.05) is 50.2 Å². The maximum absolute atomic E-state index is 13.8. The first kappa shape index (κ1) is 24.1. The van der Waals surface area contributed by atoms with Crippen LogP contribution in [0.1, 0.15) is 21.6 Å². The number of rotatable bonds is 6. The largest absolute Gasteiger partial charge is 0.497 e. The average molecular weight is 510 g/mol. The van der Waals surface area contributed by atoms with Crippen LogP contribution in [-0.2, 0) is 6.54 Å². The molecule has 0 unspecified atom stereocenters. The van der Waals surface area contributed by atoms with Crippen LogP contribution in [0.3, 0.4) is 0 Å². The lowest BCUT2D eigenvalue weighted by Crippen LogP contribution is -2.48. The van der Waals surface area contributed by atoms with Gasteiger partial charge < -0.3 is 23.7 Å². The van der Waals surface area contributed by atoms with Crippen LogP contribution in [0.25, 0.3) is 16.9 Å². The molecule has 0 aliphatic carbocycles. The van der Waals surface area contributed by atoms with Gasteiger partial charge in [0.1, 0.15) is 5.75 Å². The van der Waals surface area contributed by atoms with Gasteiger partial charge in [-0.1, -0.05) is 42.5 Å². The van der Waals surface area contributed by atoms with E-state index in [1.807, 2.05) is 66.4 Å². The van der Waals surface area contributed by atoms with E-state index >= 15 is 0 Å². The Balaban J connectivity index is 1.22. The first-order valence-corrected chi connectivity index (χ1v) is 12.9. The second kappa shape index (κ2) is 10.3. The Morgan fingerprint density at radius 3 is 2.45 bits per heavy atom. The molecule has 2 aliphatic rings. The van der Waals surface area contributed by atoms with Crippen LogP contribution >= 0.6 is 0 Å². The number of methoxy groups -OCH3 is 1. The third-order valence-electron chi connectivity index (χ3n) is 7.36. The number of aromatic nitrogens is 1. The average Bonchev–Trinajstić information content (AvgIpc) is 3.57. The molecule has 7 nitrogen and oxygen atoms in total. The van der Waals surface area contributed by atoms with Crippen molar-refractivity contribution in [3.8, 4) is 34.2 Å². The van der Waals surface area contributed by atoms with E-state index in [4.69, 9.17) is 14.2 Å². The summed E-state index contributed by atoms with van der Waals surface area (Å²) < 4.78 is 18.6. The summed E-state index contributed by atoms with van der Waals surface area (Å²) in [7, 11) is 1.67. The molecule has 1 saturated heterocycles. The molecule has 0 atom stereocenters. The van der Waals surface area contributed by atoms with Gasteiger partial charge in [0.15, 0.2) is 11.5 Å². The number of hydrogen-bond acceptors (Lipinski definition) is 5. The second-order valence-electron chi connectivity index (χ2n) is 9.69. The quantitative estimate of drug-likeness (QED) is 0.360. The van der Waals surface area contributed by atoms with Crippen molar-refractivity contribution >= 4 is 5.91 Å². The van der Waals surface area contributed by atoms with Crippen LogP contribution in [0, 0.1) is 6.92 Å². The van der Waals surface area contributed by atoms with Crippen LogP contribution in [0.4, 0.5) is 0 Å². The molecule has 4 aromatic rings. The number of amides is 1. The molecule has 2 aliphatic heterocycles. The number of nitrogens with zero attached hydrogens (tertiary/aromatic N) is 3. The molecule has 0 spiro atoms. The van der Waals surface area contributed by atoms with Crippen molar-refractivity contribution in [3.05, 3.63) is 95.7 Å². The van der Waals surface area contributed by atoms with E-state index < -0.39 is 0 Å². The fraction of sp³-hybridized carbons (Fsp3) is 0.258. The van der Waals surface area contributed by atoms with Gasteiger partial charge in [-0.3, -0.25) is 9.69 Å². The molecule has 3 heterocycles. The minimum Gasteiger partial charge on any atom is -0.497 e. The predicted octanol–water partition coefficient (Wildman–Crippen LogP) is 5.15. The van der Waals surface area contributed by atoms with Crippen LogP contribution in [0.15, 0.2) is 78.9 Å². The molecule has 194 valence electrons. The molecule has 0 N–H and O–H groups in total. The molecule has 0 saturated carbocycles. The Bertz CT molecular complexity index is 1460. The standard InChI is InChI=1S/C31H31N3O4/c1-22-27(19-28(24-7-4-3-5-8-24)34(22)25-9-6-10-26(18-25)36-2)31(35)33-15-13-32(14-16-33)20-23-11-12-29-30(17-23)38-21-37-29/h3-12,17-19H,13-16,20-21H2,1-2H3. The SMILES string of the molecule is COc1cccc(-n2c(-c3ccccc3)cc(C(=O)N3CCN(Cc4ccc5c(c4)OCO5)CC3)c2C)c1. The summed E-state index contributed by atoms with van der Waals surface area (Å²) in [6, 6.07) is 26.3. The highest BCUT2D eigenvalue weighted by atomic mass is 16.7. The van der Waals surface area contributed by atoms with Crippen molar-refractivity contribution in [2.45, 2.75) is 13.5 Å². The van der Waals surface area contributed by atoms with E-state index in [0.717, 1.165) is 65.1 Å². The highest BCUT2D eigenvalue weighted by Gasteiger charge is 2.27. The first-order valence-electron chi connectivity index (χ1n) is 12.9. The smallest absolute Gasteiger partial charge is 0.255 e. The number of carbonyl (C=O) groups excluding carboxylic acids is 1. The topological polar surface area (TPSA) is 56.2 Å². The van der Waals surface area contributed by atoms with Crippen molar-refractivity contribution in [3.63, 3.8) is 0 Å². The maximum Gasteiger partial charge on any atom is 0.255 e. The van der Waals surface area contributed by atoms with Crippen molar-refractivity contribution in [1.82, 2.24) is 14.4 Å². The monoisotopic (exact) mass is 509 g/mol. The van der Waals surface area contributed by atoms with E-state index in [2.05, 4.69) is 33.7 Å². The molecule has 6 rings (SSSR count). The van der Waals surface area contributed by atoms with Gasteiger partial charge >= 0.3 is 0 Å². The minimum absolute atomic E-state index is 0.0732. The fourth-order valence-electron chi connectivity index (χ4n) is 5.30. The molecule has 0 radical (unpaired) electrons. The number of benzene rings is 3. The molecule has 1 amide bonds. The number of hydrogen-bond donors (Lipinski definition) is 0. The number of ether oxygens (including phenoxy) is 3. The van der Waals surface area contributed by atoms with Crippen molar-refractivity contribution in [1.29, 1.82) is 0 Å².